The number of methoxy groups -OCH3 is 3. The Bertz CT molecular complexity index is 4390. The summed E-state index contributed by atoms with van der Waals surface area (Å²) in [4.78, 5) is 87.6. The summed E-state index contributed by atoms with van der Waals surface area (Å²) >= 11 is 19.5. The maximum Gasteiger partial charge on any atom is 0.257 e. The van der Waals surface area contributed by atoms with Crippen LogP contribution in [-0.4, -0.2) is 104 Å². The number of ether oxygens (including phenoxy) is 3. The topological polar surface area (TPSA) is 189 Å². The van der Waals surface area contributed by atoms with Crippen LogP contribution in [0.1, 0.15) is 87.8 Å². The maximum absolute atomic E-state index is 13.2. The van der Waals surface area contributed by atoms with Gasteiger partial charge in [0.1, 0.15) is 23.1 Å². The molecule has 0 aliphatic heterocycles. The maximum atomic E-state index is 13.2. The average Bonchev–Trinajstić information content (AvgIpc) is 0.844. The fourth-order valence-corrected chi connectivity index (χ4v) is 10.7. The molecule has 0 radical (unpaired) electrons. The Kier molecular flexibility index (Phi) is 28.6. The van der Waals surface area contributed by atoms with E-state index in [4.69, 9.17) is 49.0 Å². The number of hydrogen-bond acceptors (Lipinski definition) is 11. The Morgan fingerprint density at radius 3 is 1.02 bits per heavy atom. The summed E-state index contributed by atoms with van der Waals surface area (Å²) in [5.74, 6) is 0.245. The Balaban J connectivity index is 0.000000209. The second-order valence-corrected chi connectivity index (χ2v) is 24.3. The third kappa shape index (κ3) is 22.3. The molecule has 0 aliphatic carbocycles. The van der Waals surface area contributed by atoms with Crippen LogP contribution < -0.4 is 30.2 Å². The summed E-state index contributed by atoms with van der Waals surface area (Å²) in [7, 11) is 9.78. The van der Waals surface area contributed by atoms with Crippen molar-refractivity contribution in [3.8, 4) is 17.2 Å². The zero-order chi connectivity index (χ0) is 71.7. The van der Waals surface area contributed by atoms with Gasteiger partial charge in [0.2, 0.25) is 17.7 Å². The van der Waals surface area contributed by atoms with E-state index in [2.05, 4.69) is 20.9 Å². The standard InChI is InChI=1S/C27H27ClN2O3S.C26H24ClFN2O3.C25H24ClN3O3/c1-18(30(2)27(32)19-8-10-21(28)11-9-19)25(20-6-5-7-23(16-20)33-3)17-26(31)29-22-12-14-24(34-4)15-13-22;1-17(30(2)26(32)18-7-9-20(27)10-8-18)24(19-5-4-6-23(15-19)33-3)16-25(31)29-22-13-11-21(28)12-14-22;1-17(29(2)25(31)18-9-11-20(26)12-10-18)23(19-6-4-8-22(14-19)32-3)15-24(30)28-21-7-5-13-27-16-21/h5-16H,17H2,1-4H3,(H,29,31);4-15H,16H2,1-3H3,(H,29,31);4-14,16H,15H2,1-3H3,(H,28,30)/b25-18-;24-17-;23-17-. The van der Waals surface area contributed by atoms with Crippen LogP contribution in [0.25, 0.3) is 16.7 Å². The lowest BCUT2D eigenvalue weighted by molar-refractivity contribution is -0.116. The molecular formula is C78H75Cl3FN7O9S. The minimum atomic E-state index is -0.386. The number of halogens is 4. The number of benzene rings is 8. The molecule has 99 heavy (non-hydrogen) atoms. The summed E-state index contributed by atoms with van der Waals surface area (Å²) < 4.78 is 29.2. The second-order valence-electron chi connectivity index (χ2n) is 22.2. The molecule has 0 saturated carbocycles. The first-order chi connectivity index (χ1) is 47.5. The molecule has 1 aromatic heterocycles. The van der Waals surface area contributed by atoms with Crippen molar-refractivity contribution in [1.82, 2.24) is 19.7 Å². The minimum Gasteiger partial charge on any atom is -0.497 e. The zero-order valence-corrected chi connectivity index (χ0v) is 59.4. The number of aromatic nitrogens is 1. The smallest absolute Gasteiger partial charge is 0.257 e. The molecule has 0 saturated heterocycles. The van der Waals surface area contributed by atoms with E-state index in [1.54, 1.807) is 169 Å². The number of carbonyl (C=O) groups is 6. The third-order valence-corrected chi connectivity index (χ3v) is 17.2. The lowest BCUT2D eigenvalue weighted by Crippen LogP contribution is -2.26. The van der Waals surface area contributed by atoms with Crippen molar-refractivity contribution in [3.05, 3.63) is 290 Å². The molecule has 6 amide bonds. The first kappa shape index (κ1) is 75.9. The van der Waals surface area contributed by atoms with Gasteiger partial charge >= 0.3 is 0 Å². The highest BCUT2D eigenvalue weighted by molar-refractivity contribution is 7.98. The number of thioether (sulfide) groups is 1. The highest BCUT2D eigenvalue weighted by Crippen LogP contribution is 2.33. The molecule has 510 valence electrons. The van der Waals surface area contributed by atoms with Crippen molar-refractivity contribution in [2.24, 2.45) is 0 Å². The number of hydrogen-bond donors (Lipinski definition) is 3. The highest BCUT2D eigenvalue weighted by Gasteiger charge is 2.24. The van der Waals surface area contributed by atoms with Crippen molar-refractivity contribution in [2.75, 3.05) is 64.7 Å². The van der Waals surface area contributed by atoms with Crippen LogP contribution in [0.4, 0.5) is 21.5 Å². The van der Waals surface area contributed by atoms with Crippen LogP contribution >= 0.6 is 46.6 Å². The number of pyridine rings is 1. The molecule has 9 rings (SSSR count). The number of carbonyl (C=O) groups excluding carboxylic acids is 6. The first-order valence-corrected chi connectivity index (χ1v) is 33.2. The second kappa shape index (κ2) is 37.3. The summed E-state index contributed by atoms with van der Waals surface area (Å²) in [6.07, 6.45) is 5.36. The van der Waals surface area contributed by atoms with Crippen LogP contribution in [0.15, 0.2) is 241 Å². The summed E-state index contributed by atoms with van der Waals surface area (Å²) in [6, 6.07) is 58.9. The van der Waals surface area contributed by atoms with Gasteiger partial charge in [-0.05, 0) is 230 Å². The van der Waals surface area contributed by atoms with E-state index >= 15 is 0 Å². The van der Waals surface area contributed by atoms with Gasteiger partial charge in [0.05, 0.1) is 52.5 Å². The first-order valence-electron chi connectivity index (χ1n) is 30.8. The van der Waals surface area contributed by atoms with Crippen molar-refractivity contribution in [3.63, 3.8) is 0 Å². The summed E-state index contributed by atoms with van der Waals surface area (Å²) in [5, 5.41) is 10.2. The Morgan fingerprint density at radius 1 is 0.414 bits per heavy atom. The van der Waals surface area contributed by atoms with Gasteiger partial charge in [-0.1, -0.05) is 71.2 Å². The molecular weight excluding hydrogens is 1340 g/mol. The molecule has 1 heterocycles. The van der Waals surface area contributed by atoms with E-state index in [0.717, 1.165) is 32.8 Å². The fraction of sp³-hybridized carbons (Fsp3) is 0.167. The van der Waals surface area contributed by atoms with Gasteiger partial charge in [-0.2, -0.15) is 0 Å². The number of amides is 6. The van der Waals surface area contributed by atoms with Gasteiger partial charge in [-0.15, -0.1) is 11.8 Å². The summed E-state index contributed by atoms with van der Waals surface area (Å²) in [5.41, 5.74) is 9.64. The van der Waals surface area contributed by atoms with Crippen molar-refractivity contribution in [2.45, 2.75) is 44.9 Å². The van der Waals surface area contributed by atoms with Gasteiger partial charge in [0.15, 0.2) is 0 Å². The Labute approximate surface area is 596 Å². The molecule has 0 fully saturated rings. The fourth-order valence-electron chi connectivity index (χ4n) is 9.91. The predicted molar refractivity (Wildman–Crippen MR) is 396 cm³/mol. The Morgan fingerprint density at radius 2 is 0.727 bits per heavy atom. The monoisotopic (exact) mass is 1410 g/mol. The largest absolute Gasteiger partial charge is 0.497 e. The van der Waals surface area contributed by atoms with Crippen molar-refractivity contribution >= 4 is 116 Å². The molecule has 0 spiro atoms. The minimum absolute atomic E-state index is 0.00534. The average molecular weight is 1410 g/mol. The van der Waals surface area contributed by atoms with E-state index in [9.17, 15) is 33.2 Å². The van der Waals surface area contributed by atoms with Crippen molar-refractivity contribution in [1.29, 1.82) is 0 Å². The van der Waals surface area contributed by atoms with E-state index < -0.39 is 0 Å². The van der Waals surface area contributed by atoms with Crippen LogP contribution in [0, 0.1) is 5.82 Å². The quantitative estimate of drug-likeness (QED) is 0.0548. The molecule has 8 aromatic carbocycles. The Hall–Kier alpha value is -10.5. The third-order valence-electron chi connectivity index (χ3n) is 15.7. The molecule has 21 heteroatoms. The summed E-state index contributed by atoms with van der Waals surface area (Å²) in [6.45, 7) is 5.44. The number of nitrogens with zero attached hydrogens (tertiary/aromatic N) is 4. The van der Waals surface area contributed by atoms with Gasteiger partial charge in [0, 0.05) is 92.5 Å². The van der Waals surface area contributed by atoms with Gasteiger partial charge in [-0.3, -0.25) is 33.8 Å². The molecule has 0 atom stereocenters. The number of nitrogens with one attached hydrogen (secondary N) is 3. The lowest BCUT2D eigenvalue weighted by Gasteiger charge is -2.23. The molecule has 0 aliphatic rings. The van der Waals surface area contributed by atoms with E-state index in [-0.39, 0.29) is 60.5 Å². The number of anilines is 3. The predicted octanol–water partition coefficient (Wildman–Crippen LogP) is 17.9. The van der Waals surface area contributed by atoms with E-state index in [1.807, 2.05) is 111 Å². The number of rotatable bonds is 22. The van der Waals surface area contributed by atoms with Crippen LogP contribution in [0.5, 0.6) is 17.2 Å². The molecule has 3 N–H and O–H groups in total. The molecule has 9 aromatic rings. The van der Waals surface area contributed by atoms with Gasteiger partial charge < -0.3 is 44.9 Å². The molecule has 0 bridgehead atoms. The van der Waals surface area contributed by atoms with Crippen LogP contribution in [0.3, 0.4) is 0 Å². The van der Waals surface area contributed by atoms with Gasteiger partial charge in [-0.25, -0.2) is 4.39 Å². The molecule has 0 unspecified atom stereocenters. The van der Waals surface area contributed by atoms with E-state index in [0.29, 0.717) is 88.6 Å². The highest BCUT2D eigenvalue weighted by atomic mass is 35.5. The zero-order valence-electron chi connectivity index (χ0n) is 56.3. The number of allylic oxidation sites excluding steroid dienone is 3. The van der Waals surface area contributed by atoms with E-state index in [1.165, 1.54) is 34.1 Å². The van der Waals surface area contributed by atoms with Crippen LogP contribution in [-0.2, 0) is 14.4 Å². The lowest BCUT2D eigenvalue weighted by atomic mass is 9.99. The van der Waals surface area contributed by atoms with Crippen LogP contribution in [0.2, 0.25) is 15.1 Å². The van der Waals surface area contributed by atoms with Crippen molar-refractivity contribution < 1.29 is 47.4 Å². The SMILES string of the molecule is COc1cccc(/C(CC(=O)Nc2ccc(F)cc2)=C(/C)N(C)C(=O)c2ccc(Cl)cc2)c1.COc1cccc(/C(CC(=O)Nc2ccc(SC)cc2)=C(/C)N(C)C(=O)c2ccc(Cl)cc2)c1.COc1cccc(/C(CC(=O)Nc2cccnc2)=C(/C)N(C)C(=O)c2ccc(Cl)cc2)c1. The van der Waals surface area contributed by atoms with Gasteiger partial charge in [0.25, 0.3) is 17.7 Å². The molecule has 16 nitrogen and oxygen atoms in total. The normalized spacial score (nSPS) is 11.4.